The van der Waals surface area contributed by atoms with Crippen LogP contribution in [0.2, 0.25) is 0 Å². The van der Waals surface area contributed by atoms with Crippen molar-refractivity contribution in [3.8, 4) is 0 Å². The van der Waals surface area contributed by atoms with E-state index in [2.05, 4.69) is 36.5 Å². The van der Waals surface area contributed by atoms with Crippen molar-refractivity contribution in [3.05, 3.63) is 18.7 Å². The minimum atomic E-state index is 0.454. The van der Waals surface area contributed by atoms with Gasteiger partial charge in [-0.15, -0.1) is 0 Å². The van der Waals surface area contributed by atoms with Crippen LogP contribution in [0.5, 0.6) is 0 Å². The van der Waals surface area contributed by atoms with Crippen molar-refractivity contribution in [1.29, 1.82) is 0 Å². The molecule has 1 rings (SSSR count). The Bertz CT molecular complexity index is 428. The van der Waals surface area contributed by atoms with Crippen molar-refractivity contribution in [3.63, 3.8) is 0 Å². The molecule has 3 heteroatoms. The molecule has 164 valence electrons. The van der Waals surface area contributed by atoms with E-state index in [4.69, 9.17) is 4.74 Å². The van der Waals surface area contributed by atoms with E-state index >= 15 is 0 Å². The lowest BCUT2D eigenvalue weighted by Crippen LogP contribution is -2.14. The Morgan fingerprint density at radius 2 is 1.32 bits per heavy atom. The normalized spacial score (nSPS) is 12.0. The van der Waals surface area contributed by atoms with Gasteiger partial charge in [0.25, 0.3) is 0 Å². The Labute approximate surface area is 175 Å². The van der Waals surface area contributed by atoms with Crippen molar-refractivity contribution >= 4 is 0 Å². The number of hydrogen-bond donors (Lipinski definition) is 0. The molecule has 3 nitrogen and oxygen atoms in total. The maximum atomic E-state index is 5.83. The molecule has 0 aliphatic rings. The molecule has 0 amide bonds. The van der Waals surface area contributed by atoms with Gasteiger partial charge in [0, 0.05) is 32.2 Å². The fourth-order valence-electron chi connectivity index (χ4n) is 3.94. The van der Waals surface area contributed by atoms with Crippen LogP contribution < -0.4 is 0 Å². The van der Waals surface area contributed by atoms with E-state index in [1.165, 1.54) is 96.3 Å². The minimum absolute atomic E-state index is 0.454. The first-order chi connectivity index (χ1) is 13.6. The molecular weight excluding hydrogens is 344 g/mol. The van der Waals surface area contributed by atoms with Crippen LogP contribution in [0, 0.1) is 5.41 Å². The number of rotatable bonds is 20. The number of hydrogen-bond acceptors (Lipinski definition) is 2. The van der Waals surface area contributed by atoms with Gasteiger partial charge >= 0.3 is 0 Å². The third-order valence-corrected chi connectivity index (χ3v) is 5.86. The summed E-state index contributed by atoms with van der Waals surface area (Å²) in [5, 5.41) is 0. The smallest absolute Gasteiger partial charge is 0.0945 e. The average molecular weight is 393 g/mol. The molecule has 0 spiro atoms. The van der Waals surface area contributed by atoms with Gasteiger partial charge in [-0.2, -0.15) is 0 Å². The van der Waals surface area contributed by atoms with Gasteiger partial charge in [-0.05, 0) is 31.1 Å². The van der Waals surface area contributed by atoms with E-state index in [9.17, 15) is 0 Å². The number of nitrogens with zero attached hydrogens (tertiary/aromatic N) is 2. The standard InChI is InChI=1S/C25H48N2O/c1-4-17-25(2,3)18-23-28-22-16-14-12-10-8-6-5-7-9-11-13-15-20-27-21-19-26-24-27/h19,21,24H,4-18,20,22-23H2,1-3H3. The van der Waals surface area contributed by atoms with Crippen molar-refractivity contribution in [2.24, 2.45) is 5.41 Å². The first-order valence-corrected chi connectivity index (χ1v) is 12.2. The lowest BCUT2D eigenvalue weighted by atomic mass is 9.85. The second-order valence-corrected chi connectivity index (χ2v) is 9.32. The van der Waals surface area contributed by atoms with Crippen LogP contribution in [-0.4, -0.2) is 22.8 Å². The SMILES string of the molecule is CCCC(C)(C)CCOCCCCCCCCCCCCCCn1ccnc1. The number of unbranched alkanes of at least 4 members (excludes halogenated alkanes) is 11. The van der Waals surface area contributed by atoms with Crippen molar-refractivity contribution in [2.75, 3.05) is 13.2 Å². The summed E-state index contributed by atoms with van der Waals surface area (Å²) in [7, 11) is 0. The van der Waals surface area contributed by atoms with Gasteiger partial charge < -0.3 is 9.30 Å². The number of aromatic nitrogens is 2. The first-order valence-electron chi connectivity index (χ1n) is 12.2. The molecule has 1 aromatic heterocycles. The van der Waals surface area contributed by atoms with Gasteiger partial charge in [0.05, 0.1) is 6.33 Å². The highest BCUT2D eigenvalue weighted by Crippen LogP contribution is 2.26. The molecule has 1 aromatic rings. The van der Waals surface area contributed by atoms with Crippen LogP contribution in [0.3, 0.4) is 0 Å². The Morgan fingerprint density at radius 3 is 1.86 bits per heavy atom. The first kappa shape index (κ1) is 25.2. The second-order valence-electron chi connectivity index (χ2n) is 9.32. The van der Waals surface area contributed by atoms with E-state index < -0.39 is 0 Å². The Kier molecular flexibility index (Phi) is 15.4. The molecule has 0 saturated heterocycles. The zero-order valence-corrected chi connectivity index (χ0v) is 19.3. The van der Waals surface area contributed by atoms with Crippen LogP contribution in [0.25, 0.3) is 0 Å². The van der Waals surface area contributed by atoms with Gasteiger partial charge in [-0.25, -0.2) is 4.98 Å². The van der Waals surface area contributed by atoms with Crippen LogP contribution in [0.4, 0.5) is 0 Å². The molecule has 1 heterocycles. The van der Waals surface area contributed by atoms with Gasteiger partial charge in [0.2, 0.25) is 0 Å². The summed E-state index contributed by atoms with van der Waals surface area (Å²) in [6.07, 6.45) is 26.2. The molecule has 0 N–H and O–H groups in total. The molecule has 0 aliphatic carbocycles. The van der Waals surface area contributed by atoms with Crippen LogP contribution in [-0.2, 0) is 11.3 Å². The summed E-state index contributed by atoms with van der Waals surface area (Å²) >= 11 is 0. The van der Waals surface area contributed by atoms with Gasteiger partial charge in [0.15, 0.2) is 0 Å². The van der Waals surface area contributed by atoms with Crippen molar-refractivity contribution in [2.45, 2.75) is 124 Å². The number of ether oxygens (including phenoxy) is 1. The zero-order chi connectivity index (χ0) is 20.3. The third kappa shape index (κ3) is 15.1. The molecule has 0 saturated carbocycles. The summed E-state index contributed by atoms with van der Waals surface area (Å²) in [4.78, 5) is 4.08. The fraction of sp³-hybridized carbons (Fsp3) is 0.880. The summed E-state index contributed by atoms with van der Waals surface area (Å²) in [6, 6.07) is 0. The third-order valence-electron chi connectivity index (χ3n) is 5.86. The van der Waals surface area contributed by atoms with Crippen molar-refractivity contribution in [1.82, 2.24) is 9.55 Å². The summed E-state index contributed by atoms with van der Waals surface area (Å²) in [6.45, 7) is 10.0. The van der Waals surface area contributed by atoms with Gasteiger partial charge in [-0.3, -0.25) is 0 Å². The zero-order valence-electron chi connectivity index (χ0n) is 19.3. The van der Waals surface area contributed by atoms with E-state index in [-0.39, 0.29) is 0 Å². The number of imidazole rings is 1. The molecule has 0 bridgehead atoms. The predicted molar refractivity (Wildman–Crippen MR) is 122 cm³/mol. The van der Waals surface area contributed by atoms with Gasteiger partial charge in [-0.1, -0.05) is 91.4 Å². The maximum absolute atomic E-state index is 5.83. The highest BCUT2D eigenvalue weighted by atomic mass is 16.5. The minimum Gasteiger partial charge on any atom is -0.381 e. The predicted octanol–water partition coefficient (Wildman–Crippen LogP) is 7.80. The van der Waals surface area contributed by atoms with E-state index in [0.717, 1.165) is 19.8 Å². The monoisotopic (exact) mass is 392 g/mol. The fourth-order valence-corrected chi connectivity index (χ4v) is 3.94. The largest absolute Gasteiger partial charge is 0.381 e. The quantitative estimate of drug-likeness (QED) is 0.212. The summed E-state index contributed by atoms with van der Waals surface area (Å²) in [5.41, 5.74) is 0.454. The van der Waals surface area contributed by atoms with E-state index in [1.807, 2.05) is 12.5 Å². The molecule has 0 fully saturated rings. The van der Waals surface area contributed by atoms with E-state index in [0.29, 0.717) is 5.41 Å². The Morgan fingerprint density at radius 1 is 0.750 bits per heavy atom. The summed E-state index contributed by atoms with van der Waals surface area (Å²) < 4.78 is 8.01. The number of aryl methyl sites for hydroxylation is 1. The molecule has 0 atom stereocenters. The van der Waals surface area contributed by atoms with Crippen LogP contribution >= 0.6 is 0 Å². The molecule has 28 heavy (non-hydrogen) atoms. The Balaban J connectivity index is 1.71. The lowest BCUT2D eigenvalue weighted by Gasteiger charge is -2.23. The maximum Gasteiger partial charge on any atom is 0.0945 e. The highest BCUT2D eigenvalue weighted by Gasteiger charge is 2.15. The van der Waals surface area contributed by atoms with Crippen LogP contribution in [0.15, 0.2) is 18.7 Å². The lowest BCUT2D eigenvalue weighted by molar-refractivity contribution is 0.0977. The second kappa shape index (κ2) is 17.1. The molecule has 0 aromatic carbocycles. The van der Waals surface area contributed by atoms with E-state index in [1.54, 1.807) is 0 Å². The topological polar surface area (TPSA) is 27.1 Å². The van der Waals surface area contributed by atoms with Crippen molar-refractivity contribution < 1.29 is 4.74 Å². The highest BCUT2D eigenvalue weighted by molar-refractivity contribution is 4.73. The molecule has 0 unspecified atom stereocenters. The molecule has 0 radical (unpaired) electrons. The molecular formula is C25H48N2O. The average Bonchev–Trinajstić information content (AvgIpc) is 3.17. The van der Waals surface area contributed by atoms with Crippen LogP contribution in [0.1, 0.15) is 117 Å². The summed E-state index contributed by atoms with van der Waals surface area (Å²) in [5.74, 6) is 0. The Hall–Kier alpha value is -0.830. The molecule has 0 aliphatic heterocycles. The van der Waals surface area contributed by atoms with Gasteiger partial charge in [0.1, 0.15) is 0 Å².